The third-order valence-corrected chi connectivity index (χ3v) is 6.13. The monoisotopic (exact) mass is 410 g/mol. The average Bonchev–Trinajstić information content (AvgIpc) is 3.16. The molecule has 8 heteroatoms. The number of piperidine rings is 1. The molecule has 5 rings (SSSR count). The number of halogens is 1. The maximum absolute atomic E-state index is 14.7. The number of anilines is 1. The number of fused-ring (bicyclic) bond motifs is 1. The number of nitrogens with one attached hydrogen (secondary N) is 1. The van der Waals surface area contributed by atoms with Crippen molar-refractivity contribution in [2.75, 3.05) is 44.3 Å². The Morgan fingerprint density at radius 2 is 1.90 bits per heavy atom. The van der Waals surface area contributed by atoms with Crippen molar-refractivity contribution < 1.29 is 9.13 Å². The second-order valence-corrected chi connectivity index (χ2v) is 8.17. The van der Waals surface area contributed by atoms with E-state index in [0.717, 1.165) is 59.7 Å². The molecule has 158 valence electrons. The molecule has 0 radical (unpaired) electrons. The van der Waals surface area contributed by atoms with Crippen molar-refractivity contribution in [1.29, 1.82) is 0 Å². The molecule has 0 amide bonds. The first-order chi connectivity index (χ1) is 14.6. The Balaban J connectivity index is 1.58. The number of hydrogen-bond acceptors (Lipinski definition) is 6. The fourth-order valence-electron chi connectivity index (χ4n) is 4.56. The van der Waals surface area contributed by atoms with Gasteiger partial charge in [0.15, 0.2) is 5.82 Å². The highest BCUT2D eigenvalue weighted by Crippen LogP contribution is 2.33. The topological polar surface area (TPSA) is 68.1 Å². The second kappa shape index (κ2) is 7.92. The molecular formula is C22H27FN6O. The van der Waals surface area contributed by atoms with Crippen molar-refractivity contribution >= 4 is 16.7 Å². The van der Waals surface area contributed by atoms with Gasteiger partial charge in [0.25, 0.3) is 0 Å². The van der Waals surface area contributed by atoms with Crippen LogP contribution in [0, 0.1) is 13.8 Å². The molecule has 2 aliphatic rings. The zero-order valence-electron chi connectivity index (χ0n) is 17.4. The largest absolute Gasteiger partial charge is 0.378 e. The van der Waals surface area contributed by atoms with Crippen LogP contribution in [0.5, 0.6) is 0 Å². The second-order valence-electron chi connectivity index (χ2n) is 8.17. The molecule has 1 aromatic carbocycles. The van der Waals surface area contributed by atoms with Crippen LogP contribution in [0.3, 0.4) is 0 Å². The quantitative estimate of drug-likeness (QED) is 0.716. The molecule has 2 fully saturated rings. The Labute approximate surface area is 175 Å². The van der Waals surface area contributed by atoms with Crippen molar-refractivity contribution in [3.05, 3.63) is 41.3 Å². The van der Waals surface area contributed by atoms with Crippen LogP contribution in [0.15, 0.2) is 24.4 Å². The van der Waals surface area contributed by atoms with Gasteiger partial charge in [0.1, 0.15) is 17.8 Å². The summed E-state index contributed by atoms with van der Waals surface area (Å²) in [5.74, 6) is 2.23. The summed E-state index contributed by atoms with van der Waals surface area (Å²) in [7, 11) is 0. The lowest BCUT2D eigenvalue weighted by Crippen LogP contribution is -2.37. The fourth-order valence-corrected chi connectivity index (χ4v) is 4.56. The number of alkyl halides is 1. The highest BCUT2D eigenvalue weighted by molar-refractivity contribution is 5.82. The molecule has 3 aromatic rings. The lowest BCUT2D eigenvalue weighted by Gasteiger charge is -2.28. The molecule has 0 saturated carbocycles. The molecule has 0 bridgehead atoms. The van der Waals surface area contributed by atoms with Crippen LogP contribution in [-0.2, 0) is 4.74 Å². The van der Waals surface area contributed by atoms with Gasteiger partial charge in [-0.25, -0.2) is 19.0 Å². The molecule has 2 aromatic heterocycles. The third kappa shape index (κ3) is 3.54. The minimum atomic E-state index is -0.875. The van der Waals surface area contributed by atoms with Crippen LogP contribution in [0.4, 0.5) is 10.2 Å². The summed E-state index contributed by atoms with van der Waals surface area (Å²) in [5.41, 5.74) is 3.13. The number of benzene rings is 1. The van der Waals surface area contributed by atoms with E-state index in [4.69, 9.17) is 4.74 Å². The van der Waals surface area contributed by atoms with E-state index in [2.05, 4.69) is 44.3 Å². The summed E-state index contributed by atoms with van der Waals surface area (Å²) >= 11 is 0. The van der Waals surface area contributed by atoms with Gasteiger partial charge in [-0.05, 0) is 50.1 Å². The van der Waals surface area contributed by atoms with E-state index in [1.807, 2.05) is 23.9 Å². The van der Waals surface area contributed by atoms with Crippen LogP contribution in [0.2, 0.25) is 0 Å². The average molecular weight is 410 g/mol. The molecule has 2 aliphatic heterocycles. The van der Waals surface area contributed by atoms with E-state index in [1.54, 1.807) is 0 Å². The third-order valence-electron chi connectivity index (χ3n) is 6.13. The van der Waals surface area contributed by atoms with Crippen molar-refractivity contribution in [3.8, 4) is 5.82 Å². The number of rotatable bonds is 3. The summed E-state index contributed by atoms with van der Waals surface area (Å²) in [4.78, 5) is 11.5. The number of nitrogens with zero attached hydrogens (tertiary/aromatic N) is 5. The Morgan fingerprint density at radius 1 is 1.10 bits per heavy atom. The van der Waals surface area contributed by atoms with E-state index < -0.39 is 6.17 Å². The van der Waals surface area contributed by atoms with Crippen LogP contribution >= 0.6 is 0 Å². The van der Waals surface area contributed by atoms with Gasteiger partial charge in [0.05, 0.1) is 24.9 Å². The number of hydrogen-bond donors (Lipinski definition) is 1. The molecule has 4 heterocycles. The van der Waals surface area contributed by atoms with Gasteiger partial charge >= 0.3 is 0 Å². The number of aryl methyl sites for hydroxylation is 2. The van der Waals surface area contributed by atoms with Gasteiger partial charge in [0.2, 0.25) is 0 Å². The predicted octanol–water partition coefficient (Wildman–Crippen LogP) is 2.68. The first kappa shape index (κ1) is 19.4. The highest BCUT2D eigenvalue weighted by Gasteiger charge is 2.28. The fraction of sp³-hybridized carbons (Fsp3) is 0.500. The van der Waals surface area contributed by atoms with E-state index in [-0.39, 0.29) is 5.92 Å². The van der Waals surface area contributed by atoms with Crippen LogP contribution in [-0.4, -0.2) is 65.3 Å². The molecule has 0 spiro atoms. The van der Waals surface area contributed by atoms with Crippen molar-refractivity contribution in [1.82, 2.24) is 25.1 Å². The van der Waals surface area contributed by atoms with Crippen molar-refractivity contribution in [2.24, 2.45) is 0 Å². The first-order valence-corrected chi connectivity index (χ1v) is 10.6. The van der Waals surface area contributed by atoms with Crippen molar-refractivity contribution in [2.45, 2.75) is 32.4 Å². The van der Waals surface area contributed by atoms with Gasteiger partial charge < -0.3 is 15.0 Å². The number of ether oxygens (including phenoxy) is 1. The number of aromatic nitrogens is 4. The lowest BCUT2D eigenvalue weighted by molar-refractivity contribution is 0.122. The van der Waals surface area contributed by atoms with E-state index in [1.165, 1.54) is 0 Å². The van der Waals surface area contributed by atoms with Gasteiger partial charge in [-0.2, -0.15) is 5.10 Å². The Bertz CT molecular complexity index is 1060. The molecule has 0 unspecified atom stereocenters. The normalized spacial score (nSPS) is 22.6. The molecule has 1 N–H and O–H groups in total. The van der Waals surface area contributed by atoms with Gasteiger partial charge in [-0.1, -0.05) is 0 Å². The van der Waals surface area contributed by atoms with Crippen LogP contribution in [0.25, 0.3) is 16.7 Å². The van der Waals surface area contributed by atoms with Crippen LogP contribution in [0.1, 0.15) is 29.3 Å². The SMILES string of the molecule is Cc1nc(N2CCOCC2)cc(-n2ncc3cc(C)c([C@H]4CCNC[C@H]4F)cc32)n1. The molecule has 2 saturated heterocycles. The summed E-state index contributed by atoms with van der Waals surface area (Å²) in [6, 6.07) is 6.19. The van der Waals surface area contributed by atoms with Crippen LogP contribution < -0.4 is 10.2 Å². The summed E-state index contributed by atoms with van der Waals surface area (Å²) in [6.07, 6.45) is 1.78. The van der Waals surface area contributed by atoms with E-state index in [0.29, 0.717) is 25.6 Å². The smallest absolute Gasteiger partial charge is 0.159 e. The summed E-state index contributed by atoms with van der Waals surface area (Å²) in [6.45, 7) is 8.24. The minimum Gasteiger partial charge on any atom is -0.378 e. The molecule has 0 aliphatic carbocycles. The number of morpholine rings is 1. The summed E-state index contributed by atoms with van der Waals surface area (Å²) < 4.78 is 22.0. The molecule has 7 nitrogen and oxygen atoms in total. The Hall–Kier alpha value is -2.58. The molecule has 30 heavy (non-hydrogen) atoms. The molecular weight excluding hydrogens is 383 g/mol. The van der Waals surface area contributed by atoms with Gasteiger partial charge in [-0.3, -0.25) is 0 Å². The minimum absolute atomic E-state index is 0.0879. The van der Waals surface area contributed by atoms with Gasteiger partial charge in [0, 0.05) is 37.0 Å². The molecule has 2 atom stereocenters. The van der Waals surface area contributed by atoms with E-state index >= 15 is 0 Å². The van der Waals surface area contributed by atoms with Crippen molar-refractivity contribution in [3.63, 3.8) is 0 Å². The standard InChI is InChI=1S/C22H27FN6O/c1-14-9-16-12-25-29(20(16)10-18(14)17-3-4-24-13-19(17)23)22-11-21(26-15(2)27-22)28-5-7-30-8-6-28/h9-12,17,19,24H,3-8,13H2,1-2H3/t17-,19-/m1/s1. The maximum Gasteiger partial charge on any atom is 0.159 e. The summed E-state index contributed by atoms with van der Waals surface area (Å²) in [5, 5.41) is 8.79. The Kier molecular flexibility index (Phi) is 5.12. The lowest BCUT2D eigenvalue weighted by atomic mass is 9.85. The highest BCUT2D eigenvalue weighted by atomic mass is 19.1. The maximum atomic E-state index is 14.7. The zero-order valence-corrected chi connectivity index (χ0v) is 17.4. The first-order valence-electron chi connectivity index (χ1n) is 10.6. The predicted molar refractivity (Wildman–Crippen MR) is 114 cm³/mol. The zero-order chi connectivity index (χ0) is 20.7. The van der Waals surface area contributed by atoms with Gasteiger partial charge in [-0.15, -0.1) is 0 Å². The van der Waals surface area contributed by atoms with E-state index in [9.17, 15) is 4.39 Å². The Morgan fingerprint density at radius 3 is 2.70 bits per heavy atom.